The molecule has 1 rings (SSSR count). The number of anilines is 1. The Hall–Kier alpha value is -1.22. The smallest absolute Gasteiger partial charge is 0.142 e. The third kappa shape index (κ3) is 4.65. The van der Waals surface area contributed by atoms with Gasteiger partial charge in [0.05, 0.1) is 11.8 Å². The number of rotatable bonds is 7. The van der Waals surface area contributed by atoms with E-state index in [-0.39, 0.29) is 6.10 Å². The summed E-state index contributed by atoms with van der Waals surface area (Å²) in [6, 6.07) is 8.21. The maximum atomic E-state index is 5.82. The van der Waals surface area contributed by atoms with E-state index in [0.717, 1.165) is 30.9 Å². The molecule has 0 unspecified atom stereocenters. The molecule has 0 saturated heterocycles. The molecule has 96 valence electrons. The Morgan fingerprint density at radius 2 is 2.00 bits per heavy atom. The predicted octanol–water partition coefficient (Wildman–Crippen LogP) is 2.52. The lowest BCUT2D eigenvalue weighted by Gasteiger charge is -2.23. The molecule has 0 atom stereocenters. The molecule has 3 nitrogen and oxygen atoms in total. The molecule has 0 radical (unpaired) electrons. The lowest BCUT2D eigenvalue weighted by atomic mass is 10.2. The van der Waals surface area contributed by atoms with Gasteiger partial charge in [-0.2, -0.15) is 0 Å². The van der Waals surface area contributed by atoms with Gasteiger partial charge in [0.25, 0.3) is 0 Å². The third-order valence-corrected chi connectivity index (χ3v) is 2.56. The number of hydrogen-bond acceptors (Lipinski definition) is 3. The highest BCUT2D eigenvalue weighted by molar-refractivity contribution is 5.57. The monoisotopic (exact) mass is 236 g/mol. The van der Waals surface area contributed by atoms with E-state index in [9.17, 15) is 0 Å². The third-order valence-electron chi connectivity index (χ3n) is 2.56. The zero-order valence-corrected chi connectivity index (χ0v) is 11.4. The second kappa shape index (κ2) is 7.17. The lowest BCUT2D eigenvalue weighted by Crippen LogP contribution is -2.23. The fourth-order valence-electron chi connectivity index (χ4n) is 1.74. The van der Waals surface area contributed by atoms with Gasteiger partial charge in [-0.3, -0.25) is 0 Å². The highest BCUT2D eigenvalue weighted by atomic mass is 16.5. The van der Waals surface area contributed by atoms with E-state index in [4.69, 9.17) is 4.74 Å². The summed E-state index contributed by atoms with van der Waals surface area (Å²) < 4.78 is 5.82. The van der Waals surface area contributed by atoms with Gasteiger partial charge in [0.15, 0.2) is 0 Å². The van der Waals surface area contributed by atoms with Crippen molar-refractivity contribution in [3.63, 3.8) is 0 Å². The molecule has 3 heteroatoms. The van der Waals surface area contributed by atoms with Gasteiger partial charge in [-0.15, -0.1) is 0 Å². The minimum absolute atomic E-state index is 0.210. The summed E-state index contributed by atoms with van der Waals surface area (Å²) in [6.45, 7) is 6.17. The Labute approximate surface area is 105 Å². The van der Waals surface area contributed by atoms with Crippen LogP contribution in [-0.4, -0.2) is 33.3 Å². The first-order valence-electron chi connectivity index (χ1n) is 6.26. The molecule has 0 bridgehead atoms. The summed E-state index contributed by atoms with van der Waals surface area (Å²) in [5.41, 5.74) is 1.16. The van der Waals surface area contributed by atoms with Crippen LogP contribution in [0.15, 0.2) is 24.3 Å². The molecule has 0 heterocycles. The van der Waals surface area contributed by atoms with E-state index in [2.05, 4.69) is 43.2 Å². The van der Waals surface area contributed by atoms with Crippen molar-refractivity contribution < 1.29 is 4.74 Å². The van der Waals surface area contributed by atoms with Crippen LogP contribution >= 0.6 is 0 Å². The first-order chi connectivity index (χ1) is 8.15. The first kappa shape index (κ1) is 13.8. The minimum atomic E-state index is 0.210. The maximum absolute atomic E-state index is 5.82. The van der Waals surface area contributed by atoms with Crippen LogP contribution in [0.4, 0.5) is 5.69 Å². The summed E-state index contributed by atoms with van der Waals surface area (Å²) in [7, 11) is 4.09. The maximum Gasteiger partial charge on any atom is 0.142 e. The van der Waals surface area contributed by atoms with Crippen LogP contribution in [0.2, 0.25) is 0 Å². The number of nitrogens with one attached hydrogen (secondary N) is 1. The van der Waals surface area contributed by atoms with Crippen LogP contribution in [0.5, 0.6) is 5.75 Å². The Kier molecular flexibility index (Phi) is 5.84. The lowest BCUT2D eigenvalue weighted by molar-refractivity contribution is 0.243. The van der Waals surface area contributed by atoms with Crippen molar-refractivity contribution in [2.45, 2.75) is 26.4 Å². The molecule has 0 spiro atoms. The van der Waals surface area contributed by atoms with Gasteiger partial charge < -0.3 is 15.0 Å². The zero-order chi connectivity index (χ0) is 12.7. The number of para-hydroxylation sites is 2. The Morgan fingerprint density at radius 1 is 1.29 bits per heavy atom. The first-order valence-corrected chi connectivity index (χ1v) is 6.26. The second-order valence-electron chi connectivity index (χ2n) is 4.51. The quantitative estimate of drug-likeness (QED) is 0.736. The van der Waals surface area contributed by atoms with Crippen molar-refractivity contribution in [1.82, 2.24) is 5.32 Å². The van der Waals surface area contributed by atoms with Crippen molar-refractivity contribution in [3.05, 3.63) is 24.3 Å². The van der Waals surface area contributed by atoms with E-state index in [1.807, 2.05) is 19.2 Å². The molecule has 0 aromatic heterocycles. The minimum Gasteiger partial charge on any atom is -0.489 e. The molecule has 0 aliphatic carbocycles. The van der Waals surface area contributed by atoms with Gasteiger partial charge in [-0.25, -0.2) is 0 Å². The van der Waals surface area contributed by atoms with Crippen molar-refractivity contribution in [3.8, 4) is 5.75 Å². The van der Waals surface area contributed by atoms with Crippen molar-refractivity contribution in [2.24, 2.45) is 0 Å². The van der Waals surface area contributed by atoms with Crippen LogP contribution < -0.4 is 15.0 Å². The number of benzene rings is 1. The van der Waals surface area contributed by atoms with Gasteiger partial charge in [-0.05, 0) is 46.0 Å². The standard InChI is InChI=1S/C14H24N2O/c1-12(2)17-14-9-6-5-8-13(14)16(4)11-7-10-15-3/h5-6,8-9,12,15H,7,10-11H2,1-4H3. The van der Waals surface area contributed by atoms with Gasteiger partial charge in [0, 0.05) is 13.6 Å². The predicted molar refractivity (Wildman–Crippen MR) is 74.0 cm³/mol. The molecule has 0 aliphatic heterocycles. The molecular weight excluding hydrogens is 212 g/mol. The van der Waals surface area contributed by atoms with E-state index >= 15 is 0 Å². The van der Waals surface area contributed by atoms with E-state index in [1.165, 1.54) is 0 Å². The van der Waals surface area contributed by atoms with Crippen LogP contribution in [0.1, 0.15) is 20.3 Å². The highest BCUT2D eigenvalue weighted by Crippen LogP contribution is 2.27. The fourth-order valence-corrected chi connectivity index (χ4v) is 1.74. The van der Waals surface area contributed by atoms with Crippen LogP contribution in [0.25, 0.3) is 0 Å². The average Bonchev–Trinajstić information content (AvgIpc) is 2.29. The molecule has 0 fully saturated rings. The molecule has 17 heavy (non-hydrogen) atoms. The average molecular weight is 236 g/mol. The number of ether oxygens (including phenoxy) is 1. The molecule has 1 N–H and O–H groups in total. The number of nitrogens with zero attached hydrogens (tertiary/aromatic N) is 1. The van der Waals surface area contributed by atoms with Crippen LogP contribution in [0, 0.1) is 0 Å². The van der Waals surface area contributed by atoms with Crippen molar-refractivity contribution in [2.75, 3.05) is 32.1 Å². The molecule has 1 aromatic rings. The molecule has 0 amide bonds. The normalized spacial score (nSPS) is 10.6. The van der Waals surface area contributed by atoms with E-state index < -0.39 is 0 Å². The van der Waals surface area contributed by atoms with Crippen molar-refractivity contribution in [1.29, 1.82) is 0 Å². The molecule has 1 aromatic carbocycles. The zero-order valence-electron chi connectivity index (χ0n) is 11.4. The van der Waals surface area contributed by atoms with Crippen LogP contribution in [0.3, 0.4) is 0 Å². The molecule has 0 saturated carbocycles. The van der Waals surface area contributed by atoms with Gasteiger partial charge in [0.1, 0.15) is 5.75 Å². The molecule has 0 aliphatic rings. The fraction of sp³-hybridized carbons (Fsp3) is 0.571. The van der Waals surface area contributed by atoms with E-state index in [0.29, 0.717) is 0 Å². The Morgan fingerprint density at radius 3 is 2.65 bits per heavy atom. The topological polar surface area (TPSA) is 24.5 Å². The van der Waals surface area contributed by atoms with Gasteiger partial charge in [-0.1, -0.05) is 12.1 Å². The second-order valence-corrected chi connectivity index (χ2v) is 4.51. The summed E-state index contributed by atoms with van der Waals surface area (Å²) >= 11 is 0. The summed E-state index contributed by atoms with van der Waals surface area (Å²) in [5.74, 6) is 0.967. The Bertz CT molecular complexity index is 326. The summed E-state index contributed by atoms with van der Waals surface area (Å²) in [6.07, 6.45) is 1.34. The molecular formula is C14H24N2O. The number of hydrogen-bond donors (Lipinski definition) is 1. The largest absolute Gasteiger partial charge is 0.489 e. The summed E-state index contributed by atoms with van der Waals surface area (Å²) in [4.78, 5) is 2.25. The van der Waals surface area contributed by atoms with Crippen LogP contribution in [-0.2, 0) is 0 Å². The van der Waals surface area contributed by atoms with Gasteiger partial charge in [0.2, 0.25) is 0 Å². The van der Waals surface area contributed by atoms with E-state index in [1.54, 1.807) is 0 Å². The summed E-state index contributed by atoms with van der Waals surface area (Å²) in [5, 5.41) is 3.16. The van der Waals surface area contributed by atoms with Crippen molar-refractivity contribution >= 4 is 5.69 Å². The SMILES string of the molecule is CNCCCN(C)c1ccccc1OC(C)C. The Balaban J connectivity index is 2.67. The van der Waals surface area contributed by atoms with Gasteiger partial charge >= 0.3 is 0 Å². The highest BCUT2D eigenvalue weighted by Gasteiger charge is 2.08.